The van der Waals surface area contributed by atoms with E-state index in [4.69, 9.17) is 28.3 Å². The van der Waals surface area contributed by atoms with Gasteiger partial charge in [-0.2, -0.15) is 0 Å². The highest BCUT2D eigenvalue weighted by molar-refractivity contribution is 6.33. The molecule has 0 unspecified atom stereocenters. The molecule has 1 aromatic heterocycles. The number of carbonyl (C=O) groups is 1. The summed E-state index contributed by atoms with van der Waals surface area (Å²) < 4.78 is 0. The molecule has 0 bridgehead atoms. The Bertz CT molecular complexity index is 442. The lowest BCUT2D eigenvalue weighted by molar-refractivity contribution is 0.0638. The zero-order valence-corrected chi connectivity index (χ0v) is 12.0. The van der Waals surface area contributed by atoms with Gasteiger partial charge in [-0.15, -0.1) is 0 Å². The Kier molecular flexibility index (Phi) is 5.02. The first kappa shape index (κ1) is 14.6. The second-order valence-corrected chi connectivity index (χ2v) is 5.44. The number of amides is 1. The van der Waals surface area contributed by atoms with Gasteiger partial charge in [-0.05, 0) is 25.0 Å². The summed E-state index contributed by atoms with van der Waals surface area (Å²) >= 11 is 11.6. The Balaban J connectivity index is 2.22. The molecular formula is C13H16Cl2N2O2. The van der Waals surface area contributed by atoms with E-state index in [1.165, 1.54) is 12.1 Å². The van der Waals surface area contributed by atoms with E-state index in [0.717, 1.165) is 25.7 Å². The molecule has 104 valence electrons. The second-order valence-electron chi connectivity index (χ2n) is 4.66. The van der Waals surface area contributed by atoms with Crippen LogP contribution in [0.4, 0.5) is 0 Å². The number of pyridine rings is 1. The molecule has 1 fully saturated rings. The smallest absolute Gasteiger partial charge is 0.254 e. The Labute approximate surface area is 122 Å². The van der Waals surface area contributed by atoms with E-state index in [0.29, 0.717) is 12.1 Å². The maximum Gasteiger partial charge on any atom is 0.254 e. The normalized spacial score (nSPS) is 15.7. The lowest BCUT2D eigenvalue weighted by Gasteiger charge is -2.28. The van der Waals surface area contributed by atoms with E-state index in [9.17, 15) is 4.79 Å². The molecule has 0 saturated heterocycles. The van der Waals surface area contributed by atoms with Crippen LogP contribution in [-0.4, -0.2) is 40.1 Å². The van der Waals surface area contributed by atoms with E-state index >= 15 is 0 Å². The molecule has 1 aromatic rings. The summed E-state index contributed by atoms with van der Waals surface area (Å²) in [6.07, 6.45) is 4.21. The number of hydrogen-bond donors (Lipinski definition) is 1. The molecular weight excluding hydrogens is 287 g/mol. The van der Waals surface area contributed by atoms with Crippen molar-refractivity contribution < 1.29 is 9.90 Å². The highest BCUT2D eigenvalue weighted by Crippen LogP contribution is 2.25. The van der Waals surface area contributed by atoms with E-state index in [1.54, 1.807) is 4.90 Å². The summed E-state index contributed by atoms with van der Waals surface area (Å²) in [6, 6.07) is 3.22. The lowest BCUT2D eigenvalue weighted by Crippen LogP contribution is -2.40. The molecule has 2 rings (SSSR count). The average Bonchev–Trinajstić information content (AvgIpc) is 2.87. The summed E-state index contributed by atoms with van der Waals surface area (Å²) in [5, 5.41) is 9.54. The fraction of sp³-hybridized carbons (Fsp3) is 0.538. The van der Waals surface area contributed by atoms with Gasteiger partial charge in [-0.3, -0.25) is 4.79 Å². The summed E-state index contributed by atoms with van der Waals surface area (Å²) in [5.41, 5.74) is 0.422. The number of aromatic nitrogens is 1. The number of aliphatic hydroxyl groups is 1. The molecule has 1 aliphatic carbocycles. The highest BCUT2D eigenvalue weighted by atomic mass is 35.5. The summed E-state index contributed by atoms with van der Waals surface area (Å²) in [4.78, 5) is 18.0. The average molecular weight is 303 g/mol. The summed E-state index contributed by atoms with van der Waals surface area (Å²) in [5.74, 6) is -0.146. The lowest BCUT2D eigenvalue weighted by atomic mass is 10.1. The number of hydrogen-bond acceptors (Lipinski definition) is 3. The molecule has 0 aromatic carbocycles. The van der Waals surface area contributed by atoms with Gasteiger partial charge < -0.3 is 10.0 Å². The van der Waals surface area contributed by atoms with Crippen LogP contribution in [0.15, 0.2) is 12.1 Å². The second kappa shape index (κ2) is 6.55. The molecule has 1 saturated carbocycles. The zero-order chi connectivity index (χ0) is 13.8. The van der Waals surface area contributed by atoms with Crippen molar-refractivity contribution >= 4 is 29.1 Å². The van der Waals surface area contributed by atoms with Crippen LogP contribution in [0.1, 0.15) is 36.0 Å². The van der Waals surface area contributed by atoms with Crippen molar-refractivity contribution in [1.29, 1.82) is 0 Å². The van der Waals surface area contributed by atoms with Crippen molar-refractivity contribution in [3.8, 4) is 0 Å². The van der Waals surface area contributed by atoms with Gasteiger partial charge in [-0.25, -0.2) is 4.98 Å². The first-order chi connectivity index (χ1) is 9.11. The van der Waals surface area contributed by atoms with Crippen molar-refractivity contribution in [2.24, 2.45) is 0 Å². The molecule has 19 heavy (non-hydrogen) atoms. The van der Waals surface area contributed by atoms with Gasteiger partial charge in [-0.1, -0.05) is 36.0 Å². The molecule has 1 heterocycles. The van der Waals surface area contributed by atoms with Crippen LogP contribution >= 0.6 is 23.2 Å². The van der Waals surface area contributed by atoms with Crippen molar-refractivity contribution in [1.82, 2.24) is 9.88 Å². The predicted octanol–water partition coefficient (Wildman–Crippen LogP) is 2.77. The maximum absolute atomic E-state index is 12.5. The Morgan fingerprint density at radius 2 is 1.89 bits per heavy atom. The maximum atomic E-state index is 12.5. The number of rotatable bonds is 4. The fourth-order valence-corrected chi connectivity index (χ4v) is 2.99. The Morgan fingerprint density at radius 1 is 1.32 bits per heavy atom. The third-order valence-electron chi connectivity index (χ3n) is 3.38. The van der Waals surface area contributed by atoms with Crippen LogP contribution in [-0.2, 0) is 0 Å². The molecule has 1 aliphatic rings. The first-order valence-corrected chi connectivity index (χ1v) is 7.12. The van der Waals surface area contributed by atoms with Crippen LogP contribution < -0.4 is 0 Å². The molecule has 1 amide bonds. The fourth-order valence-electron chi connectivity index (χ4n) is 2.53. The van der Waals surface area contributed by atoms with Gasteiger partial charge in [0, 0.05) is 18.2 Å². The third-order valence-corrected chi connectivity index (χ3v) is 3.76. The third kappa shape index (κ3) is 3.59. The van der Waals surface area contributed by atoms with Gasteiger partial charge >= 0.3 is 0 Å². The summed E-state index contributed by atoms with van der Waals surface area (Å²) in [7, 11) is 0. The van der Waals surface area contributed by atoms with Gasteiger partial charge in [0.2, 0.25) is 0 Å². The minimum atomic E-state index is -0.146. The largest absolute Gasteiger partial charge is 0.395 e. The molecule has 4 nitrogen and oxygen atoms in total. The molecule has 0 spiro atoms. The van der Waals surface area contributed by atoms with E-state index in [2.05, 4.69) is 4.98 Å². The Hall–Kier alpha value is -0.840. The van der Waals surface area contributed by atoms with Crippen molar-refractivity contribution in [3.63, 3.8) is 0 Å². The number of aliphatic hydroxyl groups excluding tert-OH is 1. The topological polar surface area (TPSA) is 53.4 Å². The quantitative estimate of drug-likeness (QED) is 0.870. The van der Waals surface area contributed by atoms with Gasteiger partial charge in [0.1, 0.15) is 10.3 Å². The standard InChI is InChI=1S/C13H16Cl2N2O2/c14-11-7-9(8-12(15)16-11)13(19)17(5-6-18)10-3-1-2-4-10/h7-8,10,18H,1-6H2. The van der Waals surface area contributed by atoms with Crippen LogP contribution in [0, 0.1) is 0 Å². The number of carbonyl (C=O) groups excluding carboxylic acids is 1. The number of halogens is 2. The Morgan fingerprint density at radius 3 is 2.42 bits per heavy atom. The van der Waals surface area contributed by atoms with E-state index in [1.807, 2.05) is 0 Å². The van der Waals surface area contributed by atoms with Gasteiger partial charge in [0.15, 0.2) is 0 Å². The zero-order valence-electron chi connectivity index (χ0n) is 10.5. The van der Waals surface area contributed by atoms with E-state index < -0.39 is 0 Å². The molecule has 0 atom stereocenters. The minimum absolute atomic E-state index is 0.0468. The molecule has 1 N–H and O–H groups in total. The first-order valence-electron chi connectivity index (χ1n) is 6.36. The van der Waals surface area contributed by atoms with Crippen LogP contribution in [0.5, 0.6) is 0 Å². The molecule has 0 aliphatic heterocycles. The van der Waals surface area contributed by atoms with Crippen molar-refractivity contribution in [2.75, 3.05) is 13.2 Å². The minimum Gasteiger partial charge on any atom is -0.395 e. The van der Waals surface area contributed by atoms with E-state index in [-0.39, 0.29) is 28.9 Å². The van der Waals surface area contributed by atoms with Gasteiger partial charge in [0.25, 0.3) is 5.91 Å². The molecule has 0 radical (unpaired) electrons. The van der Waals surface area contributed by atoms with Crippen LogP contribution in [0.25, 0.3) is 0 Å². The van der Waals surface area contributed by atoms with Gasteiger partial charge in [0.05, 0.1) is 6.61 Å². The monoisotopic (exact) mass is 302 g/mol. The van der Waals surface area contributed by atoms with Crippen LogP contribution in [0.3, 0.4) is 0 Å². The number of nitrogens with zero attached hydrogens (tertiary/aromatic N) is 2. The predicted molar refractivity (Wildman–Crippen MR) is 74.6 cm³/mol. The highest BCUT2D eigenvalue weighted by Gasteiger charge is 2.27. The van der Waals surface area contributed by atoms with Crippen molar-refractivity contribution in [2.45, 2.75) is 31.7 Å². The van der Waals surface area contributed by atoms with Crippen molar-refractivity contribution in [3.05, 3.63) is 28.0 Å². The molecule has 6 heteroatoms. The SMILES string of the molecule is O=C(c1cc(Cl)nc(Cl)c1)N(CCO)C1CCCC1. The summed E-state index contributed by atoms with van der Waals surface area (Å²) in [6.45, 7) is 0.288. The van der Waals surface area contributed by atoms with Crippen LogP contribution in [0.2, 0.25) is 10.3 Å².